The molecule has 4 heteroatoms. The molecule has 0 aliphatic carbocycles. The Labute approximate surface area is 117 Å². The van der Waals surface area contributed by atoms with Gasteiger partial charge in [-0.1, -0.05) is 38.1 Å². The number of rotatable bonds is 3. The van der Waals surface area contributed by atoms with Crippen LogP contribution < -0.4 is 0 Å². The lowest BCUT2D eigenvalue weighted by molar-refractivity contribution is -0.122. The zero-order valence-corrected chi connectivity index (χ0v) is 12.2. The molecule has 19 heavy (non-hydrogen) atoms. The van der Waals surface area contributed by atoms with Gasteiger partial charge in [0.05, 0.1) is 4.91 Å². The molecule has 2 amide bonds. The van der Waals surface area contributed by atoms with E-state index in [4.69, 9.17) is 0 Å². The van der Waals surface area contributed by atoms with Crippen LogP contribution in [0.25, 0.3) is 6.08 Å². The third-order valence-corrected chi connectivity index (χ3v) is 4.00. The van der Waals surface area contributed by atoms with E-state index in [1.54, 1.807) is 13.0 Å². The minimum absolute atomic E-state index is 0.183. The summed E-state index contributed by atoms with van der Waals surface area (Å²) in [6.45, 7) is 6.51. The molecule has 1 saturated heterocycles. The van der Waals surface area contributed by atoms with Crippen molar-refractivity contribution in [1.29, 1.82) is 0 Å². The highest BCUT2D eigenvalue weighted by atomic mass is 32.2. The Balaban J connectivity index is 2.22. The molecule has 1 fully saturated rings. The van der Waals surface area contributed by atoms with Crippen molar-refractivity contribution in [2.45, 2.75) is 26.7 Å². The van der Waals surface area contributed by atoms with Crippen LogP contribution in [0.4, 0.5) is 4.79 Å². The number of likely N-dealkylation sites (N-methyl/N-ethyl adjacent to an activating group) is 1. The zero-order chi connectivity index (χ0) is 14.0. The Bertz CT molecular complexity index is 532. The lowest BCUT2D eigenvalue weighted by Crippen LogP contribution is -2.27. The van der Waals surface area contributed by atoms with Crippen molar-refractivity contribution in [2.24, 2.45) is 0 Å². The summed E-state index contributed by atoms with van der Waals surface area (Å²) < 4.78 is 0. The summed E-state index contributed by atoms with van der Waals surface area (Å²) in [5.74, 6) is 0.298. The first-order valence-corrected chi connectivity index (χ1v) is 7.20. The van der Waals surface area contributed by atoms with E-state index in [-0.39, 0.29) is 11.1 Å². The van der Waals surface area contributed by atoms with Gasteiger partial charge >= 0.3 is 0 Å². The summed E-state index contributed by atoms with van der Waals surface area (Å²) >= 11 is 1.01. The highest BCUT2D eigenvalue weighted by Gasteiger charge is 2.33. The molecule has 1 aromatic carbocycles. The van der Waals surface area contributed by atoms with Gasteiger partial charge in [-0.3, -0.25) is 14.5 Å². The fourth-order valence-electron chi connectivity index (χ4n) is 1.90. The van der Waals surface area contributed by atoms with Gasteiger partial charge in [-0.05, 0) is 41.8 Å². The molecule has 0 spiro atoms. The molecule has 1 heterocycles. The summed E-state index contributed by atoms with van der Waals surface area (Å²) in [5.41, 5.74) is 2.21. The van der Waals surface area contributed by atoms with Crippen molar-refractivity contribution in [1.82, 2.24) is 4.90 Å². The van der Waals surface area contributed by atoms with E-state index in [2.05, 4.69) is 26.0 Å². The molecule has 0 N–H and O–H groups in total. The van der Waals surface area contributed by atoms with E-state index in [1.807, 2.05) is 12.1 Å². The largest absolute Gasteiger partial charge is 0.293 e. The van der Waals surface area contributed by atoms with Gasteiger partial charge in [0, 0.05) is 6.54 Å². The monoisotopic (exact) mass is 275 g/mol. The van der Waals surface area contributed by atoms with E-state index in [0.717, 1.165) is 17.3 Å². The van der Waals surface area contributed by atoms with Crippen LogP contribution in [0.5, 0.6) is 0 Å². The van der Waals surface area contributed by atoms with Gasteiger partial charge in [-0.25, -0.2) is 0 Å². The van der Waals surface area contributed by atoms with Crippen LogP contribution in [0.2, 0.25) is 0 Å². The normalized spacial score (nSPS) is 17.9. The standard InChI is InChI=1S/C15H17NO2S/c1-4-16-14(17)13(19-15(16)18)9-11-5-7-12(8-6-11)10(2)3/h5-10H,4H2,1-3H3/b13-9-. The number of hydrogen-bond donors (Lipinski definition) is 0. The predicted octanol–water partition coefficient (Wildman–Crippen LogP) is 3.87. The summed E-state index contributed by atoms with van der Waals surface area (Å²) in [5, 5.41) is -0.183. The zero-order valence-electron chi connectivity index (χ0n) is 11.3. The minimum atomic E-state index is -0.189. The van der Waals surface area contributed by atoms with Crippen molar-refractivity contribution < 1.29 is 9.59 Å². The first kappa shape index (κ1) is 13.9. The Morgan fingerprint density at radius 1 is 1.21 bits per heavy atom. The molecule has 0 aromatic heterocycles. The van der Waals surface area contributed by atoms with Crippen LogP contribution in [0.3, 0.4) is 0 Å². The summed E-state index contributed by atoms with van der Waals surface area (Å²) in [4.78, 5) is 25.3. The van der Waals surface area contributed by atoms with E-state index in [9.17, 15) is 9.59 Å². The van der Waals surface area contributed by atoms with E-state index in [0.29, 0.717) is 17.4 Å². The number of carbonyl (C=O) groups is 2. The average molecular weight is 275 g/mol. The lowest BCUT2D eigenvalue weighted by atomic mass is 10.0. The minimum Gasteiger partial charge on any atom is -0.269 e. The number of benzene rings is 1. The van der Waals surface area contributed by atoms with Crippen LogP contribution >= 0.6 is 11.8 Å². The van der Waals surface area contributed by atoms with Crippen LogP contribution in [0, 0.1) is 0 Å². The average Bonchev–Trinajstić information content (AvgIpc) is 2.64. The first-order valence-electron chi connectivity index (χ1n) is 6.38. The summed E-state index contributed by atoms with van der Waals surface area (Å²) in [7, 11) is 0. The smallest absolute Gasteiger partial charge is 0.269 e. The molecule has 0 unspecified atom stereocenters. The first-order chi connectivity index (χ1) is 9.02. The Hall–Kier alpha value is -1.55. The van der Waals surface area contributed by atoms with Gasteiger partial charge in [0.1, 0.15) is 0 Å². The van der Waals surface area contributed by atoms with Gasteiger partial charge in [-0.15, -0.1) is 0 Å². The Kier molecular flexibility index (Phi) is 4.10. The molecular weight excluding hydrogens is 258 g/mol. The quantitative estimate of drug-likeness (QED) is 0.786. The molecule has 1 aliphatic rings. The SMILES string of the molecule is CCN1C(=O)S/C(=C\c2ccc(C(C)C)cc2)C1=O. The number of imide groups is 1. The number of hydrogen-bond acceptors (Lipinski definition) is 3. The number of amides is 2. The number of carbonyl (C=O) groups excluding carboxylic acids is 2. The predicted molar refractivity (Wildman–Crippen MR) is 78.9 cm³/mol. The summed E-state index contributed by atoms with van der Waals surface area (Å²) in [6.07, 6.45) is 1.78. The van der Waals surface area contributed by atoms with Gasteiger partial charge in [0.25, 0.3) is 11.1 Å². The van der Waals surface area contributed by atoms with Gasteiger partial charge in [-0.2, -0.15) is 0 Å². The molecule has 0 bridgehead atoms. The maximum absolute atomic E-state index is 11.9. The fraction of sp³-hybridized carbons (Fsp3) is 0.333. The molecule has 0 saturated carbocycles. The van der Waals surface area contributed by atoms with E-state index in [1.165, 1.54) is 10.5 Å². The van der Waals surface area contributed by atoms with Crippen molar-refractivity contribution in [3.63, 3.8) is 0 Å². The molecule has 1 aromatic rings. The molecule has 2 rings (SSSR count). The van der Waals surface area contributed by atoms with Gasteiger partial charge in [0.15, 0.2) is 0 Å². The molecular formula is C15H17NO2S. The fourth-order valence-corrected chi connectivity index (χ4v) is 2.80. The van der Waals surface area contributed by atoms with E-state index >= 15 is 0 Å². The highest BCUT2D eigenvalue weighted by Crippen LogP contribution is 2.32. The van der Waals surface area contributed by atoms with Crippen molar-refractivity contribution in [3.05, 3.63) is 40.3 Å². The third-order valence-electron chi connectivity index (χ3n) is 3.09. The molecule has 0 radical (unpaired) electrons. The number of thioether (sulfide) groups is 1. The lowest BCUT2D eigenvalue weighted by Gasteiger charge is -2.07. The number of nitrogens with zero attached hydrogens (tertiary/aromatic N) is 1. The second kappa shape index (κ2) is 5.61. The van der Waals surface area contributed by atoms with Crippen LogP contribution in [-0.2, 0) is 4.79 Å². The maximum atomic E-state index is 11.9. The van der Waals surface area contributed by atoms with Crippen LogP contribution in [-0.4, -0.2) is 22.6 Å². The molecule has 3 nitrogen and oxygen atoms in total. The highest BCUT2D eigenvalue weighted by molar-refractivity contribution is 8.18. The third kappa shape index (κ3) is 2.89. The van der Waals surface area contributed by atoms with Gasteiger partial charge in [0.2, 0.25) is 0 Å². The molecule has 1 aliphatic heterocycles. The topological polar surface area (TPSA) is 37.4 Å². The van der Waals surface area contributed by atoms with Crippen molar-refractivity contribution >= 4 is 29.0 Å². The van der Waals surface area contributed by atoms with Gasteiger partial charge < -0.3 is 0 Å². The van der Waals surface area contributed by atoms with Crippen molar-refractivity contribution in [3.8, 4) is 0 Å². The maximum Gasteiger partial charge on any atom is 0.293 e. The molecule has 100 valence electrons. The Morgan fingerprint density at radius 3 is 2.32 bits per heavy atom. The molecule has 0 atom stereocenters. The van der Waals surface area contributed by atoms with Crippen molar-refractivity contribution in [2.75, 3.05) is 6.54 Å². The Morgan fingerprint density at radius 2 is 1.84 bits per heavy atom. The van der Waals surface area contributed by atoms with E-state index < -0.39 is 0 Å². The van der Waals surface area contributed by atoms with Crippen LogP contribution in [0.1, 0.15) is 37.8 Å². The second-order valence-electron chi connectivity index (χ2n) is 4.75. The summed E-state index contributed by atoms with van der Waals surface area (Å²) in [6, 6.07) is 8.08. The van der Waals surface area contributed by atoms with Crippen LogP contribution in [0.15, 0.2) is 29.2 Å². The second-order valence-corrected chi connectivity index (χ2v) is 5.74.